The van der Waals surface area contributed by atoms with Crippen LogP contribution in [0.2, 0.25) is 0 Å². The van der Waals surface area contributed by atoms with Crippen molar-refractivity contribution >= 4 is 83.6 Å². The second kappa shape index (κ2) is 22.3. The van der Waals surface area contributed by atoms with Gasteiger partial charge in [-0.3, -0.25) is 0 Å². The van der Waals surface area contributed by atoms with Gasteiger partial charge in [0.1, 0.15) is 22.3 Å². The summed E-state index contributed by atoms with van der Waals surface area (Å²) in [5.41, 5.74) is 35.2. The summed E-state index contributed by atoms with van der Waals surface area (Å²) in [4.78, 5) is 4.99. The van der Waals surface area contributed by atoms with Crippen LogP contribution < -0.4 is 9.80 Å². The van der Waals surface area contributed by atoms with Crippen molar-refractivity contribution in [2.45, 2.75) is 50.9 Å². The number of benzene rings is 14. The molecule has 2 aromatic heterocycles. The maximum absolute atomic E-state index is 6.71. The Morgan fingerprint density at radius 2 is 0.676 bits per heavy atom. The van der Waals surface area contributed by atoms with Gasteiger partial charge in [0.2, 0.25) is 0 Å². The molecule has 0 saturated carbocycles. The Bertz CT molecular complexity index is 5970. The Hall–Kier alpha value is -12.5. The lowest BCUT2D eigenvalue weighted by Gasteiger charge is -2.33. The minimum atomic E-state index is -0.612. The quantitative estimate of drug-likeness (QED) is 0.129. The van der Waals surface area contributed by atoms with E-state index in [9.17, 15) is 0 Å². The number of hydrogen-bond donors (Lipinski definition) is 0. The predicted octanol–water partition coefficient (Wildman–Crippen LogP) is 26.9. The van der Waals surface area contributed by atoms with Crippen molar-refractivity contribution < 1.29 is 8.83 Å². The zero-order chi connectivity index (χ0) is 68.3. The molecule has 0 atom stereocenters. The molecule has 4 heteroatoms. The molecule has 2 heterocycles. The van der Waals surface area contributed by atoms with E-state index in [1.54, 1.807) is 0 Å². The van der Waals surface area contributed by atoms with E-state index in [1.165, 1.54) is 83.5 Å². The molecule has 0 radical (unpaired) electrons. The number of fused-ring (bicyclic) bond motifs is 19. The molecule has 20 rings (SSSR count). The molecule has 484 valence electrons. The van der Waals surface area contributed by atoms with E-state index in [0.717, 1.165) is 117 Å². The topological polar surface area (TPSA) is 32.8 Å². The fraction of sp³-hybridized carbons (Fsp3) is 0.0816. The molecule has 0 bridgehead atoms. The number of para-hydroxylation sites is 4. The fourth-order valence-corrected chi connectivity index (χ4v) is 18.3. The van der Waals surface area contributed by atoms with Crippen molar-refractivity contribution in [3.05, 3.63) is 378 Å². The van der Waals surface area contributed by atoms with E-state index in [1.807, 2.05) is 12.1 Å². The van der Waals surface area contributed by atoms with Crippen LogP contribution in [0.3, 0.4) is 0 Å². The number of furan rings is 2. The van der Waals surface area contributed by atoms with Crippen molar-refractivity contribution in [3.63, 3.8) is 0 Å². The van der Waals surface area contributed by atoms with Crippen LogP contribution in [0.15, 0.2) is 343 Å². The van der Waals surface area contributed by atoms with E-state index in [0.29, 0.717) is 0 Å². The first-order valence-electron chi connectivity index (χ1n) is 35.6. The van der Waals surface area contributed by atoms with Gasteiger partial charge in [-0.1, -0.05) is 271 Å². The highest BCUT2D eigenvalue weighted by Gasteiger charge is 2.52. The van der Waals surface area contributed by atoms with Gasteiger partial charge in [0, 0.05) is 77.6 Å². The van der Waals surface area contributed by atoms with Gasteiger partial charge in [-0.15, -0.1) is 0 Å². The number of rotatable bonds is 11. The van der Waals surface area contributed by atoms with Crippen LogP contribution in [-0.4, -0.2) is 0 Å². The third kappa shape index (κ3) is 8.50. The number of hydrogen-bond acceptors (Lipinski definition) is 4. The van der Waals surface area contributed by atoms with Gasteiger partial charge >= 0.3 is 0 Å². The molecule has 0 fully saturated rings. The highest BCUT2D eigenvalue weighted by atomic mass is 16.3. The molecule has 4 aliphatic carbocycles. The van der Waals surface area contributed by atoms with Crippen LogP contribution in [0.5, 0.6) is 0 Å². The van der Waals surface area contributed by atoms with Gasteiger partial charge in [0.25, 0.3) is 0 Å². The van der Waals surface area contributed by atoms with Gasteiger partial charge in [0.15, 0.2) is 0 Å². The number of allylic oxidation sites excluding steroid dienone is 5. The smallest absolute Gasteiger partial charge is 0.143 e. The van der Waals surface area contributed by atoms with Gasteiger partial charge in [-0.2, -0.15) is 0 Å². The van der Waals surface area contributed by atoms with Gasteiger partial charge in [-0.05, 0) is 203 Å². The van der Waals surface area contributed by atoms with Crippen LogP contribution in [0, 0.1) is 0 Å². The van der Waals surface area contributed by atoms with Gasteiger partial charge in [-0.25, -0.2) is 0 Å². The zero-order valence-electron chi connectivity index (χ0n) is 57.5. The van der Waals surface area contributed by atoms with E-state index in [4.69, 9.17) is 8.83 Å². The largest absolute Gasteiger partial charge is 0.455 e. The van der Waals surface area contributed by atoms with Crippen molar-refractivity contribution in [2.24, 2.45) is 0 Å². The highest BCUT2D eigenvalue weighted by Crippen LogP contribution is 2.63. The summed E-state index contributed by atoms with van der Waals surface area (Å²) >= 11 is 0. The SMILES string of the molecule is C=CC1=C(/C=C\C)C2(c3cc(-c4cc(N(c5ccc(-c6cccc7c6oc6ccccc67)cc5)c5ccc6c(c5)C(C)(C)c5ccccc5-6)cc(N(c5ccc(-c6cccc7c6oc6ccccc67)cc5)c5ccc6c(c5)C(C)(C)c5ccccc5-6)c4)ccc31)c1ccccc1-c1ccccc12. The normalized spacial score (nSPS) is 14.5. The molecule has 4 aliphatic rings. The molecule has 0 N–H and O–H groups in total. The second-order valence-corrected chi connectivity index (χ2v) is 29.0. The molecular weight excluding hydrogens is 1240 g/mol. The molecule has 4 nitrogen and oxygen atoms in total. The minimum Gasteiger partial charge on any atom is -0.455 e. The summed E-state index contributed by atoms with van der Waals surface area (Å²) in [6, 6.07) is 113. The lowest BCUT2D eigenvalue weighted by molar-refractivity contribution is 0.660. The molecule has 0 saturated heterocycles. The van der Waals surface area contributed by atoms with E-state index >= 15 is 0 Å². The molecule has 16 aromatic rings. The van der Waals surface area contributed by atoms with Crippen molar-refractivity contribution in [3.8, 4) is 66.8 Å². The zero-order valence-corrected chi connectivity index (χ0v) is 57.5. The first kappa shape index (κ1) is 59.5. The molecule has 1 spiro atoms. The van der Waals surface area contributed by atoms with Crippen LogP contribution in [0.25, 0.3) is 116 Å². The van der Waals surface area contributed by atoms with Crippen LogP contribution in [0.1, 0.15) is 79.1 Å². The van der Waals surface area contributed by atoms with Crippen molar-refractivity contribution in [2.75, 3.05) is 9.80 Å². The molecule has 102 heavy (non-hydrogen) atoms. The van der Waals surface area contributed by atoms with Crippen LogP contribution >= 0.6 is 0 Å². The molecule has 0 unspecified atom stereocenters. The lowest BCUT2D eigenvalue weighted by atomic mass is 9.69. The van der Waals surface area contributed by atoms with Crippen molar-refractivity contribution in [1.82, 2.24) is 0 Å². The Balaban J connectivity index is 0.846. The maximum atomic E-state index is 6.71. The minimum absolute atomic E-state index is 0.266. The highest BCUT2D eigenvalue weighted by molar-refractivity contribution is 6.11. The average Bonchev–Trinajstić information content (AvgIpc) is 1.51. The predicted molar refractivity (Wildman–Crippen MR) is 425 cm³/mol. The summed E-state index contributed by atoms with van der Waals surface area (Å²) in [7, 11) is 0. The second-order valence-electron chi connectivity index (χ2n) is 29.0. The van der Waals surface area contributed by atoms with E-state index < -0.39 is 5.41 Å². The summed E-state index contributed by atoms with van der Waals surface area (Å²) in [6.07, 6.45) is 6.62. The van der Waals surface area contributed by atoms with Gasteiger partial charge < -0.3 is 18.6 Å². The van der Waals surface area contributed by atoms with Gasteiger partial charge in [0.05, 0.1) is 5.41 Å². The summed E-state index contributed by atoms with van der Waals surface area (Å²) in [5, 5.41) is 4.43. The van der Waals surface area contributed by atoms with E-state index in [-0.39, 0.29) is 10.8 Å². The maximum Gasteiger partial charge on any atom is 0.143 e. The molecule has 0 amide bonds. The Kier molecular flexibility index (Phi) is 13.0. The van der Waals surface area contributed by atoms with Crippen LogP contribution in [-0.2, 0) is 16.2 Å². The number of anilines is 6. The Labute approximate surface area is 594 Å². The number of nitrogens with zero attached hydrogens (tertiary/aromatic N) is 2. The summed E-state index contributed by atoms with van der Waals surface area (Å²) in [5.74, 6) is 0. The van der Waals surface area contributed by atoms with Crippen LogP contribution in [0.4, 0.5) is 34.1 Å². The standard InChI is InChI=1S/C98H70N2O2/c1-7-23-86-70(8-2)77-51-44-62(56-91(77)98(86)87-36-17-11-26-75(87)76-27-12-18-37-88(76)98)63-54-68(99(66-49-52-78-73-24-9-15-34-84(73)96(3,4)89(78)58-66)64-45-40-60(41-46-64)71-30-21-32-82-80-28-13-19-38-92(80)101-94(71)82)57-69(55-63)100(67-50-53-79-74-25-10-16-35-85(74)97(5,6)90(79)59-67)65-47-42-61(43-48-65)72-31-22-33-83-81-29-14-20-39-93(81)102-95(72)83/h7-59H,2H2,1,3-6H3/b23-7-. The first-order chi connectivity index (χ1) is 50.0. The summed E-state index contributed by atoms with van der Waals surface area (Å²) in [6.45, 7) is 16.2. The Morgan fingerprint density at radius 1 is 0.294 bits per heavy atom. The third-order valence-electron chi connectivity index (χ3n) is 23.0. The average molecular weight is 1310 g/mol. The molecule has 14 aromatic carbocycles. The lowest BCUT2D eigenvalue weighted by Crippen LogP contribution is -2.26. The monoisotopic (exact) mass is 1310 g/mol. The fourth-order valence-electron chi connectivity index (χ4n) is 18.3. The molecule has 0 aliphatic heterocycles. The third-order valence-corrected chi connectivity index (χ3v) is 23.0. The summed E-state index contributed by atoms with van der Waals surface area (Å²) < 4.78 is 13.4. The van der Waals surface area contributed by atoms with E-state index in [2.05, 4.69) is 360 Å². The first-order valence-corrected chi connectivity index (χ1v) is 35.6. The molecular formula is C98H70N2O2. The van der Waals surface area contributed by atoms with Crippen molar-refractivity contribution in [1.29, 1.82) is 0 Å². The Morgan fingerprint density at radius 3 is 1.15 bits per heavy atom.